The average Bonchev–Trinajstić information content (AvgIpc) is 2.78. The van der Waals surface area contributed by atoms with Gasteiger partial charge in [-0.15, -0.1) is 0 Å². The minimum Gasteiger partial charge on any atom is -0.494 e. The molecule has 2 unspecified atom stereocenters. The summed E-state index contributed by atoms with van der Waals surface area (Å²) in [6, 6.07) is 8.13. The van der Waals surface area contributed by atoms with Gasteiger partial charge < -0.3 is 15.2 Å². The molecular weight excluding hydrogens is 202 g/mol. The molecule has 3 nitrogen and oxygen atoms in total. The molecule has 1 aromatic carbocycles. The van der Waals surface area contributed by atoms with Crippen LogP contribution in [-0.2, 0) is 0 Å². The second-order valence-corrected chi connectivity index (χ2v) is 4.18. The van der Waals surface area contributed by atoms with Crippen LogP contribution in [0.3, 0.4) is 0 Å². The monoisotopic (exact) mass is 221 g/mol. The molecule has 1 aliphatic rings. The lowest BCUT2D eigenvalue weighted by Gasteiger charge is -2.19. The van der Waals surface area contributed by atoms with Crippen molar-refractivity contribution < 1.29 is 9.84 Å². The molecule has 1 fully saturated rings. The summed E-state index contributed by atoms with van der Waals surface area (Å²) in [7, 11) is 0. The first kappa shape index (κ1) is 11.4. The maximum absolute atomic E-state index is 9.34. The zero-order chi connectivity index (χ0) is 11.4. The van der Waals surface area contributed by atoms with Crippen molar-refractivity contribution in [2.75, 3.05) is 26.3 Å². The van der Waals surface area contributed by atoms with Crippen molar-refractivity contribution in [1.82, 2.24) is 5.32 Å². The maximum Gasteiger partial charge on any atom is 0.122 e. The number of benzene rings is 1. The Hall–Kier alpha value is -1.06. The molecule has 16 heavy (non-hydrogen) atoms. The zero-order valence-electron chi connectivity index (χ0n) is 9.65. The highest BCUT2D eigenvalue weighted by molar-refractivity contribution is 5.37. The van der Waals surface area contributed by atoms with Crippen LogP contribution in [0.25, 0.3) is 0 Å². The van der Waals surface area contributed by atoms with E-state index in [0.717, 1.165) is 18.8 Å². The molecule has 0 bridgehead atoms. The Morgan fingerprint density at radius 1 is 1.38 bits per heavy atom. The van der Waals surface area contributed by atoms with Gasteiger partial charge in [-0.2, -0.15) is 0 Å². The van der Waals surface area contributed by atoms with E-state index in [1.165, 1.54) is 5.56 Å². The Labute approximate surface area is 96.4 Å². The van der Waals surface area contributed by atoms with E-state index >= 15 is 0 Å². The van der Waals surface area contributed by atoms with Gasteiger partial charge in [-0.3, -0.25) is 0 Å². The van der Waals surface area contributed by atoms with Crippen LogP contribution in [0, 0.1) is 5.92 Å². The van der Waals surface area contributed by atoms with E-state index in [2.05, 4.69) is 11.4 Å². The SMILES string of the molecule is CCOc1ccccc1C1CNCC1CO. The first-order chi connectivity index (χ1) is 7.86. The van der Waals surface area contributed by atoms with Gasteiger partial charge in [0.1, 0.15) is 5.75 Å². The minimum absolute atomic E-state index is 0.234. The second kappa shape index (κ2) is 5.32. The number of aliphatic hydroxyl groups excluding tert-OH is 1. The normalized spacial score (nSPS) is 24.6. The largest absolute Gasteiger partial charge is 0.494 e. The van der Waals surface area contributed by atoms with Gasteiger partial charge in [0.25, 0.3) is 0 Å². The standard InChI is InChI=1S/C13H19NO2/c1-2-16-13-6-4-3-5-11(13)12-8-14-7-10(12)9-15/h3-6,10,12,14-15H,2,7-9H2,1H3. The lowest BCUT2D eigenvalue weighted by Crippen LogP contribution is -2.15. The van der Waals surface area contributed by atoms with Crippen LogP contribution in [0.4, 0.5) is 0 Å². The molecule has 2 N–H and O–H groups in total. The summed E-state index contributed by atoms with van der Waals surface area (Å²) in [6.07, 6.45) is 0. The molecule has 2 rings (SSSR count). The summed E-state index contributed by atoms with van der Waals surface area (Å²) in [5, 5.41) is 12.7. The van der Waals surface area contributed by atoms with Crippen LogP contribution in [0.1, 0.15) is 18.4 Å². The fraction of sp³-hybridized carbons (Fsp3) is 0.538. The molecule has 0 radical (unpaired) electrons. The predicted molar refractivity (Wildman–Crippen MR) is 63.8 cm³/mol. The van der Waals surface area contributed by atoms with E-state index < -0.39 is 0 Å². The highest BCUT2D eigenvalue weighted by atomic mass is 16.5. The molecule has 0 aromatic heterocycles. The quantitative estimate of drug-likeness (QED) is 0.807. The lowest BCUT2D eigenvalue weighted by atomic mass is 9.89. The van der Waals surface area contributed by atoms with Gasteiger partial charge in [-0.1, -0.05) is 18.2 Å². The summed E-state index contributed by atoms with van der Waals surface area (Å²) in [5.41, 5.74) is 1.22. The second-order valence-electron chi connectivity index (χ2n) is 4.18. The molecule has 88 valence electrons. The van der Waals surface area contributed by atoms with E-state index in [9.17, 15) is 5.11 Å². The van der Waals surface area contributed by atoms with Gasteiger partial charge in [0.05, 0.1) is 6.61 Å². The number of rotatable bonds is 4. The Kier molecular flexibility index (Phi) is 3.80. The van der Waals surface area contributed by atoms with Crippen LogP contribution in [0.15, 0.2) is 24.3 Å². The molecule has 0 spiro atoms. The molecule has 0 saturated carbocycles. The summed E-state index contributed by atoms with van der Waals surface area (Å²) < 4.78 is 5.63. The number of nitrogens with one attached hydrogen (secondary N) is 1. The zero-order valence-corrected chi connectivity index (χ0v) is 9.65. The summed E-state index contributed by atoms with van der Waals surface area (Å²) in [6.45, 7) is 4.73. The lowest BCUT2D eigenvalue weighted by molar-refractivity contribution is 0.224. The van der Waals surface area contributed by atoms with Gasteiger partial charge in [-0.05, 0) is 18.6 Å². The van der Waals surface area contributed by atoms with E-state index in [4.69, 9.17) is 4.74 Å². The van der Waals surface area contributed by atoms with Crippen LogP contribution >= 0.6 is 0 Å². The third-order valence-electron chi connectivity index (χ3n) is 3.19. The average molecular weight is 221 g/mol. The molecule has 0 aliphatic carbocycles. The highest BCUT2D eigenvalue weighted by Gasteiger charge is 2.29. The molecule has 1 saturated heterocycles. The summed E-state index contributed by atoms with van der Waals surface area (Å²) >= 11 is 0. The van der Waals surface area contributed by atoms with Crippen molar-refractivity contribution in [3.63, 3.8) is 0 Å². The first-order valence-electron chi connectivity index (χ1n) is 5.90. The number of hydrogen-bond acceptors (Lipinski definition) is 3. The third-order valence-corrected chi connectivity index (χ3v) is 3.19. The number of hydrogen-bond donors (Lipinski definition) is 2. The van der Waals surface area contributed by atoms with Gasteiger partial charge >= 0.3 is 0 Å². The highest BCUT2D eigenvalue weighted by Crippen LogP contribution is 2.33. The Balaban J connectivity index is 2.24. The molecule has 1 aromatic rings. The van der Waals surface area contributed by atoms with Crippen molar-refractivity contribution in [1.29, 1.82) is 0 Å². The topological polar surface area (TPSA) is 41.5 Å². The van der Waals surface area contributed by atoms with Gasteiger partial charge in [0.2, 0.25) is 0 Å². The van der Waals surface area contributed by atoms with E-state index in [1.54, 1.807) is 0 Å². The van der Waals surface area contributed by atoms with Crippen LogP contribution < -0.4 is 10.1 Å². The Morgan fingerprint density at radius 2 is 2.19 bits per heavy atom. The molecular formula is C13H19NO2. The van der Waals surface area contributed by atoms with Crippen LogP contribution in [0.5, 0.6) is 5.75 Å². The summed E-state index contributed by atoms with van der Waals surface area (Å²) in [5.74, 6) is 1.63. The fourth-order valence-corrected chi connectivity index (χ4v) is 2.36. The molecule has 2 atom stereocenters. The van der Waals surface area contributed by atoms with E-state index in [0.29, 0.717) is 18.4 Å². The molecule has 1 aliphatic heterocycles. The third kappa shape index (κ3) is 2.20. The van der Waals surface area contributed by atoms with Crippen molar-refractivity contribution in [2.45, 2.75) is 12.8 Å². The Morgan fingerprint density at radius 3 is 2.94 bits per heavy atom. The number of aliphatic hydroxyl groups is 1. The minimum atomic E-state index is 0.234. The van der Waals surface area contributed by atoms with Crippen molar-refractivity contribution in [3.8, 4) is 5.75 Å². The van der Waals surface area contributed by atoms with Crippen molar-refractivity contribution >= 4 is 0 Å². The van der Waals surface area contributed by atoms with E-state index in [-0.39, 0.29) is 6.61 Å². The molecule has 0 amide bonds. The first-order valence-corrected chi connectivity index (χ1v) is 5.90. The summed E-state index contributed by atoms with van der Waals surface area (Å²) in [4.78, 5) is 0. The predicted octanol–water partition coefficient (Wildman–Crippen LogP) is 1.38. The van der Waals surface area contributed by atoms with Gasteiger partial charge in [0.15, 0.2) is 0 Å². The van der Waals surface area contributed by atoms with Crippen LogP contribution in [0.2, 0.25) is 0 Å². The number of para-hydroxylation sites is 1. The molecule has 1 heterocycles. The van der Waals surface area contributed by atoms with Gasteiger partial charge in [-0.25, -0.2) is 0 Å². The fourth-order valence-electron chi connectivity index (χ4n) is 2.36. The smallest absolute Gasteiger partial charge is 0.122 e. The maximum atomic E-state index is 9.34. The molecule has 3 heteroatoms. The van der Waals surface area contributed by atoms with Crippen LogP contribution in [-0.4, -0.2) is 31.4 Å². The Bertz CT molecular complexity index is 340. The number of ether oxygens (including phenoxy) is 1. The van der Waals surface area contributed by atoms with Gasteiger partial charge in [0, 0.05) is 31.5 Å². The van der Waals surface area contributed by atoms with Crippen molar-refractivity contribution in [2.24, 2.45) is 5.92 Å². The van der Waals surface area contributed by atoms with E-state index in [1.807, 2.05) is 25.1 Å². The van der Waals surface area contributed by atoms with Crippen molar-refractivity contribution in [3.05, 3.63) is 29.8 Å².